The van der Waals surface area contributed by atoms with Gasteiger partial charge in [0.2, 0.25) is 5.91 Å². The molecule has 7 nitrogen and oxygen atoms in total. The van der Waals surface area contributed by atoms with Gasteiger partial charge in [-0.3, -0.25) is 9.59 Å². The molecule has 1 unspecified atom stereocenters. The number of halogens is 2. The van der Waals surface area contributed by atoms with Crippen LogP contribution in [0.15, 0.2) is 66.3 Å². The van der Waals surface area contributed by atoms with E-state index < -0.39 is 11.9 Å². The van der Waals surface area contributed by atoms with Gasteiger partial charge in [-0.2, -0.15) is 0 Å². The molecule has 3 aromatic rings. The van der Waals surface area contributed by atoms with E-state index in [0.29, 0.717) is 33.8 Å². The second kappa shape index (κ2) is 10.9. The highest BCUT2D eigenvalue weighted by atomic mass is 35.5. The molecule has 2 N–H and O–H groups in total. The fraction of sp³-hybridized carbons (Fsp3) is 0.182. The Morgan fingerprint density at radius 1 is 1.25 bits per heavy atom. The van der Waals surface area contributed by atoms with Gasteiger partial charge in [-0.05, 0) is 49.4 Å². The van der Waals surface area contributed by atoms with Crippen molar-refractivity contribution < 1.29 is 14.0 Å². The fourth-order valence-electron chi connectivity index (χ4n) is 2.87. The molecule has 1 atom stereocenters. The third kappa shape index (κ3) is 6.18. The number of rotatable bonds is 9. The molecular weight excluding hydrogens is 453 g/mol. The van der Waals surface area contributed by atoms with Crippen LogP contribution in [0.2, 0.25) is 5.02 Å². The highest BCUT2D eigenvalue weighted by Gasteiger charge is 2.20. The zero-order chi connectivity index (χ0) is 23.1. The maximum absolute atomic E-state index is 13.3. The van der Waals surface area contributed by atoms with Crippen LogP contribution in [0, 0.1) is 5.82 Å². The summed E-state index contributed by atoms with van der Waals surface area (Å²) in [4.78, 5) is 24.7. The number of amides is 2. The Bertz CT molecular complexity index is 1120. The topological polar surface area (TPSA) is 88.9 Å². The van der Waals surface area contributed by atoms with Crippen molar-refractivity contribution in [1.29, 1.82) is 0 Å². The average Bonchev–Trinajstić information content (AvgIpc) is 3.15. The second-order valence-corrected chi connectivity index (χ2v) is 8.17. The lowest BCUT2D eigenvalue weighted by molar-refractivity contribution is -0.113. The Morgan fingerprint density at radius 3 is 2.69 bits per heavy atom. The summed E-state index contributed by atoms with van der Waals surface area (Å²) >= 11 is 7.05. The van der Waals surface area contributed by atoms with Crippen molar-refractivity contribution in [3.8, 4) is 0 Å². The maximum atomic E-state index is 13.3. The SMILES string of the molecule is C=CCn1c(SCC(=O)Nc2cccc(F)c2)nnc1C(C)NC(=O)c1ccc(Cl)cc1. The molecule has 2 amide bonds. The van der Waals surface area contributed by atoms with E-state index >= 15 is 0 Å². The summed E-state index contributed by atoms with van der Waals surface area (Å²) in [5.74, 6) is -0.428. The van der Waals surface area contributed by atoms with Crippen LogP contribution in [0.25, 0.3) is 0 Å². The number of hydrogen-bond donors (Lipinski definition) is 2. The summed E-state index contributed by atoms with van der Waals surface area (Å²) in [6.07, 6.45) is 1.68. The first-order valence-electron chi connectivity index (χ1n) is 9.66. The van der Waals surface area contributed by atoms with Crippen LogP contribution < -0.4 is 10.6 Å². The van der Waals surface area contributed by atoms with E-state index in [1.54, 1.807) is 47.9 Å². The Morgan fingerprint density at radius 2 is 2.00 bits per heavy atom. The lowest BCUT2D eigenvalue weighted by Crippen LogP contribution is -2.28. The molecule has 0 aliphatic carbocycles. The van der Waals surface area contributed by atoms with Crippen molar-refractivity contribution >= 4 is 40.9 Å². The minimum atomic E-state index is -0.443. The van der Waals surface area contributed by atoms with Crippen molar-refractivity contribution in [2.24, 2.45) is 0 Å². The fourth-order valence-corrected chi connectivity index (χ4v) is 3.75. The molecule has 32 heavy (non-hydrogen) atoms. The van der Waals surface area contributed by atoms with Crippen LogP contribution in [-0.4, -0.2) is 32.3 Å². The zero-order valence-corrected chi connectivity index (χ0v) is 18.8. The van der Waals surface area contributed by atoms with Crippen molar-refractivity contribution in [3.63, 3.8) is 0 Å². The Kier molecular flexibility index (Phi) is 8.02. The molecule has 0 aliphatic rings. The number of benzene rings is 2. The molecule has 0 radical (unpaired) electrons. The van der Waals surface area contributed by atoms with Crippen molar-refractivity contribution in [3.05, 3.63) is 83.4 Å². The van der Waals surface area contributed by atoms with Crippen molar-refractivity contribution in [2.75, 3.05) is 11.1 Å². The van der Waals surface area contributed by atoms with Crippen LogP contribution in [0.3, 0.4) is 0 Å². The number of nitrogens with one attached hydrogen (secondary N) is 2. The molecule has 0 bridgehead atoms. The summed E-state index contributed by atoms with van der Waals surface area (Å²) in [5, 5.41) is 14.9. The average molecular weight is 474 g/mol. The number of aromatic nitrogens is 3. The maximum Gasteiger partial charge on any atom is 0.251 e. The molecule has 10 heteroatoms. The molecule has 1 aromatic heterocycles. The number of carbonyl (C=O) groups is 2. The molecule has 3 rings (SSSR count). The predicted molar refractivity (Wildman–Crippen MR) is 123 cm³/mol. The predicted octanol–water partition coefficient (Wildman–Crippen LogP) is 4.48. The smallest absolute Gasteiger partial charge is 0.251 e. The van der Waals surface area contributed by atoms with E-state index in [0.717, 1.165) is 0 Å². The first-order chi connectivity index (χ1) is 15.4. The molecule has 0 saturated heterocycles. The van der Waals surface area contributed by atoms with Gasteiger partial charge >= 0.3 is 0 Å². The molecular formula is C22H21ClFN5O2S. The minimum absolute atomic E-state index is 0.0529. The number of carbonyl (C=O) groups excluding carboxylic acids is 2. The van der Waals surface area contributed by atoms with Crippen molar-refractivity contribution in [2.45, 2.75) is 24.7 Å². The van der Waals surface area contributed by atoms with E-state index in [1.165, 1.54) is 30.0 Å². The molecule has 0 saturated carbocycles. The van der Waals surface area contributed by atoms with Gasteiger partial charge in [-0.25, -0.2) is 4.39 Å². The van der Waals surface area contributed by atoms with E-state index in [4.69, 9.17) is 11.6 Å². The monoisotopic (exact) mass is 473 g/mol. The molecule has 0 spiro atoms. The van der Waals surface area contributed by atoms with Gasteiger partial charge in [0.1, 0.15) is 5.82 Å². The summed E-state index contributed by atoms with van der Waals surface area (Å²) < 4.78 is 15.1. The van der Waals surface area contributed by atoms with E-state index in [9.17, 15) is 14.0 Å². The summed E-state index contributed by atoms with van der Waals surface area (Å²) in [6.45, 7) is 5.95. The van der Waals surface area contributed by atoms with Crippen molar-refractivity contribution in [1.82, 2.24) is 20.1 Å². The first kappa shape index (κ1) is 23.5. The quantitative estimate of drug-likeness (QED) is 0.353. The summed E-state index contributed by atoms with van der Waals surface area (Å²) in [6, 6.07) is 11.8. The molecule has 0 aliphatic heterocycles. The minimum Gasteiger partial charge on any atom is -0.342 e. The normalized spacial score (nSPS) is 11.6. The standard InChI is InChI=1S/C22H21ClFN5O2S/c1-3-11-29-20(14(2)25-21(31)15-7-9-16(23)10-8-15)27-28-22(29)32-13-19(30)26-18-6-4-5-17(24)12-18/h3-10,12,14H,1,11,13H2,2H3,(H,25,31)(H,26,30). The van der Waals surface area contributed by atoms with Gasteiger partial charge in [0.05, 0.1) is 11.8 Å². The third-order valence-electron chi connectivity index (χ3n) is 4.34. The molecule has 1 heterocycles. The number of nitrogens with zero attached hydrogens (tertiary/aromatic N) is 3. The number of thioether (sulfide) groups is 1. The van der Waals surface area contributed by atoms with Gasteiger partial charge in [0.15, 0.2) is 11.0 Å². The molecule has 0 fully saturated rings. The number of allylic oxidation sites excluding steroid dienone is 1. The zero-order valence-electron chi connectivity index (χ0n) is 17.2. The van der Waals surface area contributed by atoms with Gasteiger partial charge in [0, 0.05) is 22.8 Å². The highest BCUT2D eigenvalue weighted by molar-refractivity contribution is 7.99. The highest BCUT2D eigenvalue weighted by Crippen LogP contribution is 2.22. The summed E-state index contributed by atoms with van der Waals surface area (Å²) in [7, 11) is 0. The summed E-state index contributed by atoms with van der Waals surface area (Å²) in [5.41, 5.74) is 0.849. The van der Waals surface area contributed by atoms with E-state index in [-0.39, 0.29) is 17.6 Å². The van der Waals surface area contributed by atoms with E-state index in [2.05, 4.69) is 27.4 Å². The Hall–Kier alpha value is -3.17. The Labute approximate surface area is 194 Å². The van der Waals surface area contributed by atoms with Crippen LogP contribution in [0.1, 0.15) is 29.1 Å². The molecule has 2 aromatic carbocycles. The van der Waals surface area contributed by atoms with Gasteiger partial charge < -0.3 is 15.2 Å². The van der Waals surface area contributed by atoms with Crippen LogP contribution in [-0.2, 0) is 11.3 Å². The van der Waals surface area contributed by atoms with Crippen LogP contribution in [0.4, 0.5) is 10.1 Å². The lowest BCUT2D eigenvalue weighted by atomic mass is 10.2. The number of anilines is 1. The second-order valence-electron chi connectivity index (χ2n) is 6.79. The van der Waals surface area contributed by atoms with Gasteiger partial charge in [0.25, 0.3) is 5.91 Å². The van der Waals surface area contributed by atoms with Gasteiger partial charge in [-0.15, -0.1) is 16.8 Å². The first-order valence-corrected chi connectivity index (χ1v) is 11.0. The molecule has 166 valence electrons. The van der Waals surface area contributed by atoms with Crippen LogP contribution >= 0.6 is 23.4 Å². The number of hydrogen-bond acceptors (Lipinski definition) is 5. The lowest BCUT2D eigenvalue weighted by Gasteiger charge is -2.15. The third-order valence-corrected chi connectivity index (χ3v) is 5.56. The Balaban J connectivity index is 1.66. The van der Waals surface area contributed by atoms with E-state index in [1.807, 2.05) is 0 Å². The largest absolute Gasteiger partial charge is 0.342 e. The van der Waals surface area contributed by atoms with Crippen LogP contribution in [0.5, 0.6) is 0 Å². The van der Waals surface area contributed by atoms with Gasteiger partial charge in [-0.1, -0.05) is 35.5 Å².